The van der Waals surface area contributed by atoms with Gasteiger partial charge in [-0.1, -0.05) is 12.8 Å². The van der Waals surface area contributed by atoms with Crippen LogP contribution in [-0.2, 0) is 4.79 Å². The highest BCUT2D eigenvalue weighted by Crippen LogP contribution is 2.29. The predicted octanol–water partition coefficient (Wildman–Crippen LogP) is 0.901. The molecule has 2 aliphatic rings. The first-order chi connectivity index (χ1) is 8.79. The lowest BCUT2D eigenvalue weighted by molar-refractivity contribution is -0.122. The van der Waals surface area contributed by atoms with Gasteiger partial charge in [-0.05, 0) is 50.1 Å². The highest BCUT2D eigenvalue weighted by molar-refractivity contribution is 5.76. The van der Waals surface area contributed by atoms with Crippen LogP contribution < -0.4 is 10.6 Å². The maximum atomic E-state index is 11.8. The zero-order valence-electron chi connectivity index (χ0n) is 11.2. The van der Waals surface area contributed by atoms with Gasteiger partial charge in [0.2, 0.25) is 5.91 Å². The average molecular weight is 254 g/mol. The molecular weight excluding hydrogens is 228 g/mol. The Morgan fingerprint density at radius 2 is 2.00 bits per heavy atom. The largest absolute Gasteiger partial charge is 0.396 e. The van der Waals surface area contributed by atoms with E-state index in [1.165, 1.54) is 12.8 Å². The van der Waals surface area contributed by atoms with Crippen molar-refractivity contribution in [1.82, 2.24) is 10.6 Å². The van der Waals surface area contributed by atoms with Crippen molar-refractivity contribution in [2.45, 2.75) is 38.5 Å². The Morgan fingerprint density at radius 3 is 2.67 bits per heavy atom. The minimum absolute atomic E-state index is 0.186. The predicted molar refractivity (Wildman–Crippen MR) is 71.1 cm³/mol. The maximum Gasteiger partial charge on any atom is 0.220 e. The second-order valence-electron chi connectivity index (χ2n) is 5.85. The van der Waals surface area contributed by atoms with E-state index in [0.29, 0.717) is 24.2 Å². The minimum Gasteiger partial charge on any atom is -0.396 e. The van der Waals surface area contributed by atoms with E-state index in [0.717, 1.165) is 38.9 Å². The Bertz CT molecular complexity index is 265. The maximum absolute atomic E-state index is 11.8. The minimum atomic E-state index is 0.186. The first-order valence-corrected chi connectivity index (χ1v) is 7.38. The number of rotatable bonds is 5. The Hall–Kier alpha value is -0.610. The van der Waals surface area contributed by atoms with E-state index < -0.39 is 0 Å². The number of aliphatic hydroxyl groups excluding tert-OH is 1. The van der Waals surface area contributed by atoms with Crippen molar-refractivity contribution in [2.75, 3.05) is 26.2 Å². The van der Waals surface area contributed by atoms with Gasteiger partial charge in [0.25, 0.3) is 0 Å². The zero-order chi connectivity index (χ0) is 12.8. The molecule has 1 aliphatic carbocycles. The molecule has 2 rings (SSSR count). The molecule has 0 aromatic rings. The SMILES string of the molecule is O=C(CC1CCNC1)NCC1CCCCC1CO. The number of carbonyl (C=O) groups is 1. The lowest BCUT2D eigenvalue weighted by Gasteiger charge is -2.30. The van der Waals surface area contributed by atoms with Gasteiger partial charge in [0, 0.05) is 19.6 Å². The molecule has 4 heteroatoms. The molecule has 2 fully saturated rings. The van der Waals surface area contributed by atoms with E-state index in [9.17, 15) is 9.90 Å². The van der Waals surface area contributed by atoms with Crippen LogP contribution in [0.15, 0.2) is 0 Å². The second kappa shape index (κ2) is 7.10. The Balaban J connectivity index is 1.67. The molecule has 3 unspecified atom stereocenters. The van der Waals surface area contributed by atoms with E-state index in [1.807, 2.05) is 0 Å². The fourth-order valence-corrected chi connectivity index (χ4v) is 3.26. The third kappa shape index (κ3) is 3.95. The molecule has 0 spiro atoms. The monoisotopic (exact) mass is 254 g/mol. The molecule has 1 aliphatic heterocycles. The van der Waals surface area contributed by atoms with E-state index in [1.54, 1.807) is 0 Å². The molecule has 0 radical (unpaired) electrons. The number of carbonyl (C=O) groups excluding carboxylic acids is 1. The fraction of sp³-hybridized carbons (Fsp3) is 0.929. The van der Waals surface area contributed by atoms with Crippen molar-refractivity contribution >= 4 is 5.91 Å². The third-order valence-electron chi connectivity index (χ3n) is 4.50. The summed E-state index contributed by atoms with van der Waals surface area (Å²) in [6.45, 7) is 3.06. The van der Waals surface area contributed by atoms with Crippen LogP contribution >= 0.6 is 0 Å². The van der Waals surface area contributed by atoms with E-state index >= 15 is 0 Å². The zero-order valence-corrected chi connectivity index (χ0v) is 11.2. The normalized spacial score (nSPS) is 32.4. The number of amides is 1. The molecular formula is C14H26N2O2. The Labute approximate surface area is 110 Å². The number of hydrogen-bond acceptors (Lipinski definition) is 3. The quantitative estimate of drug-likeness (QED) is 0.683. The van der Waals surface area contributed by atoms with Gasteiger partial charge in [-0.3, -0.25) is 4.79 Å². The Morgan fingerprint density at radius 1 is 1.22 bits per heavy atom. The summed E-state index contributed by atoms with van der Waals surface area (Å²) >= 11 is 0. The van der Waals surface area contributed by atoms with Crippen molar-refractivity contribution < 1.29 is 9.90 Å². The molecule has 0 aromatic heterocycles. The van der Waals surface area contributed by atoms with Gasteiger partial charge in [0.15, 0.2) is 0 Å². The summed E-state index contributed by atoms with van der Waals surface area (Å²) in [6, 6.07) is 0. The summed E-state index contributed by atoms with van der Waals surface area (Å²) in [5, 5.41) is 15.7. The first kappa shape index (κ1) is 13.8. The fourth-order valence-electron chi connectivity index (χ4n) is 3.26. The van der Waals surface area contributed by atoms with Gasteiger partial charge in [-0.15, -0.1) is 0 Å². The van der Waals surface area contributed by atoms with Crippen LogP contribution in [0.5, 0.6) is 0 Å². The summed E-state index contributed by atoms with van der Waals surface area (Å²) in [5.41, 5.74) is 0. The number of nitrogens with one attached hydrogen (secondary N) is 2. The molecule has 1 saturated carbocycles. The molecule has 18 heavy (non-hydrogen) atoms. The second-order valence-corrected chi connectivity index (χ2v) is 5.85. The number of hydrogen-bond donors (Lipinski definition) is 3. The summed E-state index contributed by atoms with van der Waals surface area (Å²) in [7, 11) is 0. The molecule has 1 saturated heterocycles. The van der Waals surface area contributed by atoms with Gasteiger partial charge in [0.05, 0.1) is 0 Å². The average Bonchev–Trinajstić information content (AvgIpc) is 2.89. The van der Waals surface area contributed by atoms with Crippen molar-refractivity contribution in [3.05, 3.63) is 0 Å². The van der Waals surface area contributed by atoms with Gasteiger partial charge < -0.3 is 15.7 Å². The van der Waals surface area contributed by atoms with Crippen LogP contribution in [0.4, 0.5) is 0 Å². The molecule has 4 nitrogen and oxygen atoms in total. The lowest BCUT2D eigenvalue weighted by Crippen LogP contribution is -2.36. The van der Waals surface area contributed by atoms with Crippen LogP contribution in [0.1, 0.15) is 38.5 Å². The van der Waals surface area contributed by atoms with Crippen LogP contribution in [0.3, 0.4) is 0 Å². The third-order valence-corrected chi connectivity index (χ3v) is 4.50. The summed E-state index contributed by atoms with van der Waals surface area (Å²) in [6.07, 6.45) is 6.51. The van der Waals surface area contributed by atoms with Crippen molar-refractivity contribution in [1.29, 1.82) is 0 Å². The van der Waals surface area contributed by atoms with Crippen LogP contribution in [0, 0.1) is 17.8 Å². The molecule has 1 amide bonds. The van der Waals surface area contributed by atoms with Gasteiger partial charge in [-0.2, -0.15) is 0 Å². The van der Waals surface area contributed by atoms with Crippen LogP contribution in [0.2, 0.25) is 0 Å². The smallest absolute Gasteiger partial charge is 0.220 e. The molecule has 0 aromatic carbocycles. The summed E-state index contributed by atoms with van der Waals surface area (Å²) in [5.74, 6) is 1.58. The highest BCUT2D eigenvalue weighted by Gasteiger charge is 2.25. The highest BCUT2D eigenvalue weighted by atomic mass is 16.3. The molecule has 1 heterocycles. The molecule has 3 N–H and O–H groups in total. The van der Waals surface area contributed by atoms with Crippen LogP contribution in [-0.4, -0.2) is 37.3 Å². The topological polar surface area (TPSA) is 61.4 Å². The summed E-state index contributed by atoms with van der Waals surface area (Å²) < 4.78 is 0. The van der Waals surface area contributed by atoms with Gasteiger partial charge in [-0.25, -0.2) is 0 Å². The van der Waals surface area contributed by atoms with Crippen molar-refractivity contribution in [3.63, 3.8) is 0 Å². The molecule has 104 valence electrons. The van der Waals surface area contributed by atoms with Gasteiger partial charge >= 0.3 is 0 Å². The number of aliphatic hydroxyl groups is 1. The lowest BCUT2D eigenvalue weighted by atomic mass is 9.79. The van der Waals surface area contributed by atoms with E-state index in [-0.39, 0.29) is 12.5 Å². The standard InChI is InChI=1S/C14H26N2O2/c17-10-13-4-2-1-3-12(13)9-16-14(18)7-11-5-6-15-8-11/h11-13,15,17H,1-10H2,(H,16,18). The van der Waals surface area contributed by atoms with Gasteiger partial charge in [0.1, 0.15) is 0 Å². The first-order valence-electron chi connectivity index (χ1n) is 7.38. The molecule has 3 atom stereocenters. The van der Waals surface area contributed by atoms with E-state index in [2.05, 4.69) is 10.6 Å². The van der Waals surface area contributed by atoms with Crippen molar-refractivity contribution in [3.8, 4) is 0 Å². The molecule has 0 bridgehead atoms. The van der Waals surface area contributed by atoms with Crippen molar-refractivity contribution in [2.24, 2.45) is 17.8 Å². The van der Waals surface area contributed by atoms with Crippen LogP contribution in [0.25, 0.3) is 0 Å². The van der Waals surface area contributed by atoms with E-state index in [4.69, 9.17) is 0 Å². The summed E-state index contributed by atoms with van der Waals surface area (Å²) in [4.78, 5) is 11.8. The Kier molecular flexibility index (Phi) is 5.45.